The molecule has 0 atom stereocenters. The number of carbonyl (C=O) groups is 2. The Morgan fingerprint density at radius 3 is 1.48 bits per heavy atom. The Labute approximate surface area is 170 Å². The molecule has 5 nitrogen and oxygen atoms in total. The van der Waals surface area contributed by atoms with E-state index in [-0.39, 0.29) is 11.8 Å². The molecule has 0 aromatic heterocycles. The number of imide groups is 1. The molecule has 0 fully saturated rings. The Morgan fingerprint density at radius 1 is 0.655 bits per heavy atom. The van der Waals surface area contributed by atoms with E-state index in [2.05, 4.69) is 41.9 Å². The van der Waals surface area contributed by atoms with Gasteiger partial charge < -0.3 is 10.6 Å². The zero-order valence-corrected chi connectivity index (χ0v) is 16.5. The van der Waals surface area contributed by atoms with Gasteiger partial charge in [-0.15, -0.1) is 0 Å². The molecule has 0 spiro atoms. The van der Waals surface area contributed by atoms with Crippen LogP contribution in [0.2, 0.25) is 0 Å². The molecule has 0 bridgehead atoms. The number of benzene rings is 3. The highest BCUT2D eigenvalue weighted by Crippen LogP contribution is 2.32. The monoisotopic (exact) mass is 385 g/mol. The minimum absolute atomic E-state index is 0.364. The molecular formula is C24H23N3O2. The van der Waals surface area contributed by atoms with E-state index in [1.54, 1.807) is 0 Å². The lowest BCUT2D eigenvalue weighted by atomic mass is 10.0. The number of anilines is 2. The van der Waals surface area contributed by atoms with E-state index in [0.29, 0.717) is 35.6 Å². The van der Waals surface area contributed by atoms with Crippen LogP contribution in [0.5, 0.6) is 0 Å². The molecule has 0 aliphatic carbocycles. The van der Waals surface area contributed by atoms with Crippen LogP contribution in [0.3, 0.4) is 0 Å². The number of fused-ring (bicyclic) bond motifs is 1. The second kappa shape index (κ2) is 7.80. The molecule has 29 heavy (non-hydrogen) atoms. The van der Waals surface area contributed by atoms with Gasteiger partial charge in [0.25, 0.3) is 11.8 Å². The minimum atomic E-state index is -0.364. The standard InChI is InChI=1S/C24H23N3O2/c1-15-7-3-5-9-17(15)13-25-19-11-12-20(22-21(19)23(28)27-24(22)29)26-14-18-10-6-4-8-16(18)2/h3-12,25-26H,13-14H2,1-2H3,(H,27,28,29). The third-order valence-corrected chi connectivity index (χ3v) is 5.35. The average Bonchev–Trinajstić information content (AvgIpc) is 3.02. The van der Waals surface area contributed by atoms with Crippen LogP contribution in [-0.4, -0.2) is 11.8 Å². The Balaban J connectivity index is 1.61. The summed E-state index contributed by atoms with van der Waals surface area (Å²) in [5, 5.41) is 9.07. The number of nitrogens with one attached hydrogen (secondary N) is 3. The molecule has 1 aliphatic rings. The summed E-state index contributed by atoms with van der Waals surface area (Å²) in [4.78, 5) is 24.9. The highest BCUT2D eigenvalue weighted by Gasteiger charge is 2.32. The maximum atomic E-state index is 12.5. The summed E-state index contributed by atoms with van der Waals surface area (Å²) in [5.41, 5.74) is 6.76. The zero-order chi connectivity index (χ0) is 20.4. The molecule has 146 valence electrons. The molecule has 3 aromatic carbocycles. The summed E-state index contributed by atoms with van der Waals surface area (Å²) < 4.78 is 0. The third kappa shape index (κ3) is 3.72. The van der Waals surface area contributed by atoms with Crippen molar-refractivity contribution in [3.05, 3.63) is 94.0 Å². The molecular weight excluding hydrogens is 362 g/mol. The van der Waals surface area contributed by atoms with Crippen molar-refractivity contribution < 1.29 is 9.59 Å². The molecule has 0 unspecified atom stereocenters. The Hall–Kier alpha value is -3.60. The van der Waals surface area contributed by atoms with Crippen LogP contribution in [0.1, 0.15) is 43.0 Å². The van der Waals surface area contributed by atoms with E-state index in [0.717, 1.165) is 11.1 Å². The highest BCUT2D eigenvalue weighted by molar-refractivity contribution is 6.26. The van der Waals surface area contributed by atoms with Gasteiger partial charge in [-0.05, 0) is 48.2 Å². The first-order valence-electron chi connectivity index (χ1n) is 9.64. The predicted octanol–water partition coefficient (Wildman–Crippen LogP) is 4.41. The van der Waals surface area contributed by atoms with Crippen molar-refractivity contribution in [1.29, 1.82) is 0 Å². The third-order valence-electron chi connectivity index (χ3n) is 5.35. The van der Waals surface area contributed by atoms with Crippen molar-refractivity contribution in [2.24, 2.45) is 0 Å². The highest BCUT2D eigenvalue weighted by atomic mass is 16.2. The predicted molar refractivity (Wildman–Crippen MR) is 115 cm³/mol. The van der Waals surface area contributed by atoms with Gasteiger partial charge >= 0.3 is 0 Å². The van der Waals surface area contributed by atoms with Crippen LogP contribution in [0, 0.1) is 13.8 Å². The number of rotatable bonds is 6. The quantitative estimate of drug-likeness (QED) is 0.550. The lowest BCUT2D eigenvalue weighted by molar-refractivity contribution is 0.0880. The Morgan fingerprint density at radius 2 is 1.07 bits per heavy atom. The Bertz CT molecular complexity index is 1020. The molecule has 1 heterocycles. The van der Waals surface area contributed by atoms with Gasteiger partial charge in [0.1, 0.15) is 0 Å². The summed E-state index contributed by atoms with van der Waals surface area (Å²) in [6, 6.07) is 19.9. The normalized spacial score (nSPS) is 12.5. The molecule has 0 saturated heterocycles. The van der Waals surface area contributed by atoms with Crippen LogP contribution in [-0.2, 0) is 13.1 Å². The van der Waals surface area contributed by atoms with Crippen LogP contribution < -0.4 is 16.0 Å². The fourth-order valence-corrected chi connectivity index (χ4v) is 3.59. The first kappa shape index (κ1) is 18.7. The summed E-state index contributed by atoms with van der Waals surface area (Å²) in [6.07, 6.45) is 0. The number of hydrogen-bond acceptors (Lipinski definition) is 4. The number of amides is 2. The second-order valence-corrected chi connectivity index (χ2v) is 7.25. The molecule has 5 heteroatoms. The van der Waals surface area contributed by atoms with Gasteiger partial charge in [0.05, 0.1) is 11.1 Å². The fraction of sp³-hybridized carbons (Fsp3) is 0.167. The van der Waals surface area contributed by atoms with Crippen molar-refractivity contribution in [3.8, 4) is 0 Å². The number of carbonyl (C=O) groups excluding carboxylic acids is 2. The summed E-state index contributed by atoms with van der Waals surface area (Å²) in [7, 11) is 0. The molecule has 1 aliphatic heterocycles. The maximum absolute atomic E-state index is 12.5. The van der Waals surface area contributed by atoms with E-state index in [1.165, 1.54) is 11.1 Å². The van der Waals surface area contributed by atoms with E-state index >= 15 is 0 Å². The van der Waals surface area contributed by atoms with Crippen molar-refractivity contribution >= 4 is 23.2 Å². The topological polar surface area (TPSA) is 70.2 Å². The largest absolute Gasteiger partial charge is 0.380 e. The van der Waals surface area contributed by atoms with Gasteiger partial charge in [0, 0.05) is 24.5 Å². The molecule has 0 radical (unpaired) electrons. The molecule has 2 amide bonds. The molecule has 0 saturated carbocycles. The SMILES string of the molecule is Cc1ccccc1CNc1ccc(NCc2ccccc2C)c2c1C(=O)NC2=O. The van der Waals surface area contributed by atoms with Gasteiger partial charge in [-0.1, -0.05) is 48.5 Å². The van der Waals surface area contributed by atoms with Gasteiger partial charge in [-0.2, -0.15) is 0 Å². The number of aryl methyl sites for hydroxylation is 2. The first-order chi connectivity index (χ1) is 14.0. The average molecular weight is 385 g/mol. The van der Waals surface area contributed by atoms with Crippen molar-refractivity contribution in [2.75, 3.05) is 10.6 Å². The summed E-state index contributed by atoms with van der Waals surface area (Å²) >= 11 is 0. The van der Waals surface area contributed by atoms with E-state index in [4.69, 9.17) is 0 Å². The summed E-state index contributed by atoms with van der Waals surface area (Å²) in [5.74, 6) is -0.728. The van der Waals surface area contributed by atoms with Crippen LogP contribution >= 0.6 is 0 Å². The van der Waals surface area contributed by atoms with Crippen LogP contribution in [0.4, 0.5) is 11.4 Å². The van der Waals surface area contributed by atoms with Gasteiger partial charge in [0.2, 0.25) is 0 Å². The maximum Gasteiger partial charge on any atom is 0.261 e. The van der Waals surface area contributed by atoms with Crippen molar-refractivity contribution in [1.82, 2.24) is 5.32 Å². The summed E-state index contributed by atoms with van der Waals surface area (Å²) in [6.45, 7) is 5.26. The lowest BCUT2D eigenvalue weighted by Crippen LogP contribution is -2.20. The Kier molecular flexibility index (Phi) is 5.04. The van der Waals surface area contributed by atoms with E-state index in [1.807, 2.05) is 48.5 Å². The van der Waals surface area contributed by atoms with Crippen LogP contribution in [0.25, 0.3) is 0 Å². The smallest absolute Gasteiger partial charge is 0.261 e. The second-order valence-electron chi connectivity index (χ2n) is 7.25. The van der Waals surface area contributed by atoms with Gasteiger partial charge in [0.15, 0.2) is 0 Å². The molecule has 4 rings (SSSR count). The van der Waals surface area contributed by atoms with E-state index in [9.17, 15) is 9.59 Å². The lowest BCUT2D eigenvalue weighted by Gasteiger charge is -2.15. The molecule has 3 N–H and O–H groups in total. The van der Waals surface area contributed by atoms with Crippen molar-refractivity contribution in [3.63, 3.8) is 0 Å². The van der Waals surface area contributed by atoms with Gasteiger partial charge in [-0.3, -0.25) is 14.9 Å². The first-order valence-corrected chi connectivity index (χ1v) is 9.64. The minimum Gasteiger partial charge on any atom is -0.380 e. The van der Waals surface area contributed by atoms with E-state index < -0.39 is 0 Å². The zero-order valence-electron chi connectivity index (χ0n) is 16.5. The van der Waals surface area contributed by atoms with Gasteiger partial charge in [-0.25, -0.2) is 0 Å². The van der Waals surface area contributed by atoms with Crippen LogP contribution in [0.15, 0.2) is 60.7 Å². The molecule has 3 aromatic rings. The number of hydrogen-bond donors (Lipinski definition) is 3. The van der Waals surface area contributed by atoms with Crippen molar-refractivity contribution in [2.45, 2.75) is 26.9 Å². The fourth-order valence-electron chi connectivity index (χ4n) is 3.59.